The largest absolute Gasteiger partial charge is 0.496 e. The molecule has 3 aromatic rings. The van der Waals surface area contributed by atoms with Gasteiger partial charge in [0, 0.05) is 32.4 Å². The van der Waals surface area contributed by atoms with Crippen LogP contribution >= 0.6 is 12.2 Å². The molecule has 3 rings (SSSR count). The van der Waals surface area contributed by atoms with Gasteiger partial charge in [-0.2, -0.15) is 0 Å². The first-order valence-electron chi connectivity index (χ1n) is 9.71. The Hall–Kier alpha value is -2.97. The van der Waals surface area contributed by atoms with E-state index in [1.54, 1.807) is 32.4 Å². The predicted molar refractivity (Wildman–Crippen MR) is 119 cm³/mol. The van der Waals surface area contributed by atoms with E-state index in [1.165, 1.54) is 4.57 Å². The molecular weight excluding hydrogens is 402 g/mol. The maximum atomic E-state index is 12.7. The van der Waals surface area contributed by atoms with E-state index in [4.69, 9.17) is 21.7 Å². The lowest BCUT2D eigenvalue weighted by molar-refractivity contribution is 0.0954. The number of rotatable bonds is 9. The molecule has 0 unspecified atom stereocenters. The summed E-state index contributed by atoms with van der Waals surface area (Å²) in [5.41, 5.74) is 1.86. The standard InChI is InChI=1S/C22H25N3O4S/c1-28-13-5-12-25-21(27)17-9-8-16(14-18(17)24-22(25)30)20(26)23-11-10-15-6-3-4-7-19(15)29-2/h3-4,6-9,14H,5,10-13H2,1-2H3,(H,23,26)(H,24,30). The van der Waals surface area contributed by atoms with Gasteiger partial charge in [0.15, 0.2) is 4.77 Å². The third kappa shape index (κ3) is 4.95. The zero-order valence-corrected chi connectivity index (χ0v) is 17.9. The van der Waals surface area contributed by atoms with Crippen LogP contribution in [0.4, 0.5) is 0 Å². The highest BCUT2D eigenvalue weighted by atomic mass is 32.1. The number of amides is 1. The van der Waals surface area contributed by atoms with Crippen LogP contribution in [0.25, 0.3) is 10.9 Å². The summed E-state index contributed by atoms with van der Waals surface area (Å²) in [6.07, 6.45) is 1.34. The number of nitrogens with zero attached hydrogens (tertiary/aromatic N) is 1. The Balaban J connectivity index is 1.73. The van der Waals surface area contributed by atoms with Crippen LogP contribution in [0.5, 0.6) is 5.75 Å². The molecule has 0 aliphatic rings. The van der Waals surface area contributed by atoms with Gasteiger partial charge in [0.1, 0.15) is 5.75 Å². The molecule has 0 bridgehead atoms. The summed E-state index contributed by atoms with van der Waals surface area (Å²) in [5.74, 6) is 0.585. The minimum atomic E-state index is -0.213. The van der Waals surface area contributed by atoms with E-state index >= 15 is 0 Å². The summed E-state index contributed by atoms with van der Waals surface area (Å²) >= 11 is 5.33. The van der Waals surface area contributed by atoms with Crippen molar-refractivity contribution in [3.05, 3.63) is 68.7 Å². The first-order chi connectivity index (χ1) is 14.5. The predicted octanol–water partition coefficient (Wildman–Crippen LogP) is 3.08. The minimum Gasteiger partial charge on any atom is -0.496 e. The third-order valence-electron chi connectivity index (χ3n) is 4.85. The molecule has 2 aromatic carbocycles. The van der Waals surface area contributed by atoms with Gasteiger partial charge in [-0.1, -0.05) is 18.2 Å². The molecule has 30 heavy (non-hydrogen) atoms. The van der Waals surface area contributed by atoms with Gasteiger partial charge in [-0.3, -0.25) is 14.2 Å². The van der Waals surface area contributed by atoms with Gasteiger partial charge in [-0.15, -0.1) is 0 Å². The maximum Gasteiger partial charge on any atom is 0.262 e. The molecule has 0 saturated carbocycles. The fraction of sp³-hybridized carbons (Fsp3) is 0.318. The molecule has 0 spiro atoms. The molecule has 158 valence electrons. The van der Waals surface area contributed by atoms with Crippen LogP contribution in [0.3, 0.4) is 0 Å². The van der Waals surface area contributed by atoms with Gasteiger partial charge < -0.3 is 19.8 Å². The van der Waals surface area contributed by atoms with Crippen molar-refractivity contribution >= 4 is 29.0 Å². The highest BCUT2D eigenvalue weighted by Gasteiger charge is 2.11. The number of H-pyrrole nitrogens is 1. The highest BCUT2D eigenvalue weighted by Crippen LogP contribution is 2.17. The lowest BCUT2D eigenvalue weighted by Crippen LogP contribution is -2.26. The Labute approximate surface area is 179 Å². The number of hydrogen-bond acceptors (Lipinski definition) is 5. The number of benzene rings is 2. The molecule has 8 heteroatoms. The van der Waals surface area contributed by atoms with Gasteiger partial charge in [-0.25, -0.2) is 0 Å². The van der Waals surface area contributed by atoms with E-state index in [9.17, 15) is 9.59 Å². The fourth-order valence-corrected chi connectivity index (χ4v) is 3.57. The summed E-state index contributed by atoms with van der Waals surface area (Å²) in [4.78, 5) is 28.4. The number of ether oxygens (including phenoxy) is 2. The van der Waals surface area contributed by atoms with E-state index < -0.39 is 0 Å². The monoisotopic (exact) mass is 427 g/mol. The number of methoxy groups -OCH3 is 2. The van der Waals surface area contributed by atoms with Crippen LogP contribution in [0, 0.1) is 4.77 Å². The molecule has 1 aromatic heterocycles. The van der Waals surface area contributed by atoms with Crippen LogP contribution in [0.1, 0.15) is 22.3 Å². The Morgan fingerprint density at radius 3 is 2.77 bits per heavy atom. The summed E-state index contributed by atoms with van der Waals surface area (Å²) < 4.78 is 12.2. The molecule has 0 saturated heterocycles. The van der Waals surface area contributed by atoms with Crippen molar-refractivity contribution in [2.24, 2.45) is 0 Å². The average molecular weight is 428 g/mol. The van der Waals surface area contributed by atoms with Gasteiger partial charge in [0.25, 0.3) is 11.5 Å². The topological polar surface area (TPSA) is 85.3 Å². The van der Waals surface area contributed by atoms with Crippen molar-refractivity contribution in [1.82, 2.24) is 14.9 Å². The Morgan fingerprint density at radius 1 is 1.20 bits per heavy atom. The second-order valence-electron chi connectivity index (χ2n) is 6.81. The average Bonchev–Trinajstić information content (AvgIpc) is 2.76. The first kappa shape index (κ1) is 21.7. The quantitative estimate of drug-likeness (QED) is 0.405. The maximum absolute atomic E-state index is 12.7. The molecule has 7 nitrogen and oxygen atoms in total. The van der Waals surface area contributed by atoms with Gasteiger partial charge in [-0.05, 0) is 54.9 Å². The number of aromatic nitrogens is 2. The first-order valence-corrected chi connectivity index (χ1v) is 10.1. The molecule has 0 atom stereocenters. The molecule has 0 fully saturated rings. The summed E-state index contributed by atoms with van der Waals surface area (Å²) in [6.45, 7) is 1.49. The van der Waals surface area contributed by atoms with Crippen molar-refractivity contribution in [2.75, 3.05) is 27.4 Å². The number of aromatic amines is 1. The SMILES string of the molecule is COCCCn1c(=S)[nH]c2cc(C(=O)NCCc3ccccc3OC)ccc2c1=O. The second-order valence-corrected chi connectivity index (χ2v) is 7.20. The van der Waals surface area contributed by atoms with Crippen LogP contribution in [0.2, 0.25) is 0 Å². The number of nitrogens with one attached hydrogen (secondary N) is 2. The number of carbonyl (C=O) groups is 1. The number of fused-ring (bicyclic) bond motifs is 1. The zero-order valence-electron chi connectivity index (χ0n) is 17.1. The Bertz CT molecular complexity index is 1150. The molecule has 1 heterocycles. The van der Waals surface area contributed by atoms with Crippen LogP contribution in [-0.4, -0.2) is 42.8 Å². The number of para-hydroxylation sites is 1. The van der Waals surface area contributed by atoms with Crippen molar-refractivity contribution in [3.63, 3.8) is 0 Å². The van der Waals surface area contributed by atoms with Crippen molar-refractivity contribution in [1.29, 1.82) is 0 Å². The molecular formula is C22H25N3O4S. The molecule has 0 radical (unpaired) electrons. The zero-order chi connectivity index (χ0) is 21.5. The summed E-state index contributed by atoms with van der Waals surface area (Å²) in [6, 6.07) is 12.7. The molecule has 1 amide bonds. The van der Waals surface area contributed by atoms with Crippen molar-refractivity contribution in [3.8, 4) is 5.75 Å². The van der Waals surface area contributed by atoms with E-state index in [-0.39, 0.29) is 11.5 Å². The molecule has 2 N–H and O–H groups in total. The van der Waals surface area contributed by atoms with E-state index in [0.29, 0.717) is 53.8 Å². The summed E-state index contributed by atoms with van der Waals surface area (Å²) in [7, 11) is 3.24. The minimum absolute atomic E-state index is 0.173. The van der Waals surface area contributed by atoms with E-state index in [0.717, 1.165) is 11.3 Å². The summed E-state index contributed by atoms with van der Waals surface area (Å²) in [5, 5.41) is 3.40. The Morgan fingerprint density at radius 2 is 2.00 bits per heavy atom. The highest BCUT2D eigenvalue weighted by molar-refractivity contribution is 7.71. The third-order valence-corrected chi connectivity index (χ3v) is 5.17. The van der Waals surface area contributed by atoms with E-state index in [1.807, 2.05) is 24.3 Å². The van der Waals surface area contributed by atoms with Gasteiger partial charge in [0.2, 0.25) is 0 Å². The van der Waals surface area contributed by atoms with Crippen LogP contribution in [0.15, 0.2) is 47.3 Å². The Kier molecular flexibility index (Phi) is 7.37. The number of hydrogen-bond donors (Lipinski definition) is 2. The van der Waals surface area contributed by atoms with Crippen LogP contribution < -0.4 is 15.6 Å². The second kappa shape index (κ2) is 10.2. The van der Waals surface area contributed by atoms with Crippen LogP contribution in [-0.2, 0) is 17.7 Å². The van der Waals surface area contributed by atoms with Crippen molar-refractivity contribution in [2.45, 2.75) is 19.4 Å². The lowest BCUT2D eigenvalue weighted by Gasteiger charge is -2.10. The fourth-order valence-electron chi connectivity index (χ4n) is 3.29. The normalized spacial score (nSPS) is 10.9. The molecule has 0 aliphatic heterocycles. The number of carbonyl (C=O) groups excluding carboxylic acids is 1. The van der Waals surface area contributed by atoms with Crippen molar-refractivity contribution < 1.29 is 14.3 Å². The van der Waals surface area contributed by atoms with E-state index in [2.05, 4.69) is 10.3 Å². The smallest absolute Gasteiger partial charge is 0.262 e. The lowest BCUT2D eigenvalue weighted by atomic mass is 10.1. The molecule has 0 aliphatic carbocycles. The van der Waals surface area contributed by atoms with Gasteiger partial charge >= 0.3 is 0 Å². The van der Waals surface area contributed by atoms with Gasteiger partial charge in [0.05, 0.1) is 18.0 Å².